The predicted molar refractivity (Wildman–Crippen MR) is 226 cm³/mol. The molecule has 2 bridgehead atoms. The van der Waals surface area contributed by atoms with Gasteiger partial charge in [0.05, 0.1) is 16.4 Å². The third-order valence-electron chi connectivity index (χ3n) is 13.3. The van der Waals surface area contributed by atoms with Crippen molar-refractivity contribution in [2.24, 2.45) is 0 Å². The number of carbonyl (C=O) groups excluding carboxylic acids is 2. The zero-order valence-corrected chi connectivity index (χ0v) is 33.7. The Bertz CT molecular complexity index is 2130. The predicted octanol–water partition coefficient (Wildman–Crippen LogP) is 6.10. The SMILES string of the molecule is Nc1nnc(-c2cccc(Cl)c2O)cc1N1CC2CCC(C1)N2c1nccc(C2CCN(C3CCCCC3)CC2)n1.O=C1CCC(N2CCc3ccccc32)C(=O)N1. The van der Waals surface area contributed by atoms with Gasteiger partial charge < -0.3 is 30.4 Å². The van der Waals surface area contributed by atoms with Gasteiger partial charge in [0, 0.05) is 73.2 Å². The Balaban J connectivity index is 0.000000213. The molecule has 14 heteroatoms. The van der Waals surface area contributed by atoms with E-state index in [0.29, 0.717) is 47.9 Å². The van der Waals surface area contributed by atoms with Crippen LogP contribution >= 0.6 is 11.6 Å². The van der Waals surface area contributed by atoms with Crippen LogP contribution in [0.2, 0.25) is 5.02 Å². The summed E-state index contributed by atoms with van der Waals surface area (Å²) in [5, 5.41) is 21.7. The number of nitrogen functional groups attached to an aromatic ring is 1. The summed E-state index contributed by atoms with van der Waals surface area (Å²) in [6.07, 6.45) is 15.5. The first-order chi connectivity index (χ1) is 28.3. The van der Waals surface area contributed by atoms with Crippen molar-refractivity contribution in [2.45, 2.75) is 107 Å². The van der Waals surface area contributed by atoms with E-state index in [1.807, 2.05) is 30.5 Å². The summed E-state index contributed by atoms with van der Waals surface area (Å²) >= 11 is 6.15. The number of amides is 2. The number of piperidine rings is 2. The average Bonchev–Trinajstić information content (AvgIpc) is 3.80. The van der Waals surface area contributed by atoms with E-state index in [0.717, 1.165) is 62.3 Å². The number of piperazine rings is 1. The number of rotatable bonds is 6. The lowest BCUT2D eigenvalue weighted by Crippen LogP contribution is -2.54. The van der Waals surface area contributed by atoms with E-state index in [9.17, 15) is 14.7 Å². The van der Waals surface area contributed by atoms with Crippen LogP contribution in [0.1, 0.15) is 87.8 Å². The molecule has 4 aromatic rings. The number of anilines is 4. The number of para-hydroxylation sites is 2. The molecule has 2 aromatic heterocycles. The number of nitrogens with one attached hydrogen (secondary N) is 1. The second kappa shape index (κ2) is 16.7. The molecule has 6 aliphatic rings. The van der Waals surface area contributed by atoms with Gasteiger partial charge in [-0.25, -0.2) is 9.97 Å². The number of likely N-dealkylation sites (tertiary alicyclic amines) is 1. The van der Waals surface area contributed by atoms with Crippen LogP contribution in [0.15, 0.2) is 60.8 Å². The van der Waals surface area contributed by atoms with Crippen LogP contribution in [-0.2, 0) is 16.0 Å². The summed E-state index contributed by atoms with van der Waals surface area (Å²) in [5.41, 5.74) is 11.9. The third-order valence-corrected chi connectivity index (χ3v) is 13.6. The molecule has 2 aromatic carbocycles. The van der Waals surface area contributed by atoms with Crippen LogP contribution in [0.5, 0.6) is 5.75 Å². The highest BCUT2D eigenvalue weighted by atomic mass is 35.5. The molecule has 0 radical (unpaired) electrons. The lowest BCUT2D eigenvalue weighted by molar-refractivity contribution is -0.134. The van der Waals surface area contributed by atoms with Gasteiger partial charge in [0.1, 0.15) is 11.8 Å². The minimum atomic E-state index is -0.184. The molecule has 4 N–H and O–H groups in total. The molecule has 10 rings (SSSR count). The number of aromatic hydroxyl groups is 1. The maximum absolute atomic E-state index is 11.8. The number of hydrogen-bond acceptors (Lipinski definition) is 12. The topological polar surface area (TPSA) is 157 Å². The Morgan fingerprint density at radius 2 is 1.57 bits per heavy atom. The molecule has 5 aliphatic heterocycles. The first kappa shape index (κ1) is 38.5. The molecule has 0 spiro atoms. The van der Waals surface area contributed by atoms with Crippen molar-refractivity contribution in [2.75, 3.05) is 53.2 Å². The third kappa shape index (κ3) is 7.78. The molecule has 3 atom stereocenters. The summed E-state index contributed by atoms with van der Waals surface area (Å²) in [4.78, 5) is 42.5. The lowest BCUT2D eigenvalue weighted by atomic mass is 9.89. The van der Waals surface area contributed by atoms with Crippen LogP contribution in [0.4, 0.5) is 23.1 Å². The number of halogens is 1. The number of aromatic nitrogens is 4. The van der Waals surface area contributed by atoms with Gasteiger partial charge in [-0.1, -0.05) is 55.1 Å². The van der Waals surface area contributed by atoms with Crippen molar-refractivity contribution in [1.29, 1.82) is 0 Å². The van der Waals surface area contributed by atoms with Crippen molar-refractivity contribution in [1.82, 2.24) is 30.4 Å². The highest BCUT2D eigenvalue weighted by Crippen LogP contribution is 2.40. The maximum atomic E-state index is 11.8. The number of nitrogens with two attached hydrogens (primary N) is 1. The summed E-state index contributed by atoms with van der Waals surface area (Å²) < 4.78 is 0. The van der Waals surface area contributed by atoms with Gasteiger partial charge in [-0.3, -0.25) is 14.9 Å². The minimum Gasteiger partial charge on any atom is -0.506 e. The van der Waals surface area contributed by atoms with E-state index >= 15 is 0 Å². The van der Waals surface area contributed by atoms with Crippen molar-refractivity contribution >= 4 is 46.6 Å². The van der Waals surface area contributed by atoms with Crippen LogP contribution in [0.25, 0.3) is 11.3 Å². The number of benzene rings is 2. The number of phenolic OH excluding ortho intramolecular Hbond substituents is 1. The molecule has 58 heavy (non-hydrogen) atoms. The second-order valence-electron chi connectivity index (χ2n) is 16.8. The van der Waals surface area contributed by atoms with Crippen molar-refractivity contribution in [3.8, 4) is 17.0 Å². The van der Waals surface area contributed by atoms with Crippen LogP contribution in [0, 0.1) is 0 Å². The quantitative estimate of drug-likeness (QED) is 0.193. The summed E-state index contributed by atoms with van der Waals surface area (Å²) in [6, 6.07) is 18.7. The largest absolute Gasteiger partial charge is 0.506 e. The summed E-state index contributed by atoms with van der Waals surface area (Å²) in [6.45, 7) is 4.86. The summed E-state index contributed by atoms with van der Waals surface area (Å²) in [5.74, 6) is 1.47. The minimum absolute atomic E-state index is 0.000711. The lowest BCUT2D eigenvalue weighted by Gasteiger charge is -2.42. The molecule has 1 saturated carbocycles. The van der Waals surface area contributed by atoms with Gasteiger partial charge in [0.2, 0.25) is 17.8 Å². The average molecular weight is 805 g/mol. The fraction of sp³-hybridized carbons (Fsp3) is 0.500. The fourth-order valence-corrected chi connectivity index (χ4v) is 10.5. The van der Waals surface area contributed by atoms with E-state index in [1.54, 1.807) is 18.2 Å². The fourth-order valence-electron chi connectivity index (χ4n) is 10.3. The molecular formula is C44H53ClN10O3. The van der Waals surface area contributed by atoms with Crippen molar-refractivity contribution in [3.63, 3.8) is 0 Å². The van der Waals surface area contributed by atoms with E-state index in [1.165, 1.54) is 69.3 Å². The molecule has 7 heterocycles. The normalized spacial score (nSPS) is 24.0. The van der Waals surface area contributed by atoms with E-state index < -0.39 is 0 Å². The van der Waals surface area contributed by atoms with Crippen molar-refractivity contribution in [3.05, 3.63) is 77.1 Å². The molecule has 13 nitrogen and oxygen atoms in total. The first-order valence-electron chi connectivity index (χ1n) is 21.2. The van der Waals surface area contributed by atoms with Gasteiger partial charge in [0.25, 0.3) is 0 Å². The molecule has 2 amide bonds. The molecule has 304 valence electrons. The molecule has 1 aliphatic carbocycles. The zero-order chi connectivity index (χ0) is 39.8. The highest BCUT2D eigenvalue weighted by molar-refractivity contribution is 6.32. The van der Waals surface area contributed by atoms with E-state index in [4.69, 9.17) is 27.3 Å². The number of carbonyl (C=O) groups is 2. The van der Waals surface area contributed by atoms with Gasteiger partial charge in [-0.15, -0.1) is 10.2 Å². The first-order valence-corrected chi connectivity index (χ1v) is 21.6. The zero-order valence-electron chi connectivity index (χ0n) is 33.0. The highest BCUT2D eigenvalue weighted by Gasteiger charge is 2.42. The standard InChI is InChI=1S/C31H39ClN8O.C13H14N2O2/c32-25-8-4-7-24(29(25)41)27-17-28(30(33)37-36-27)39-18-22-9-10-23(19-39)40(22)31-34-14-11-26(35-31)20-12-15-38(16-13-20)21-5-2-1-3-6-21;16-12-6-5-11(13(17)14-12)15-8-7-9-3-1-2-4-10(9)15/h4,7-8,11,14,17,20-23,41H,1-3,5-6,9-10,12-13,15-16,18-19H2,(H2,33,37);1-4,11H,5-8H2,(H,14,16,17). The van der Waals surface area contributed by atoms with Gasteiger partial charge in [-0.05, 0) is 100 Å². The number of nitrogens with zero attached hydrogens (tertiary/aromatic N) is 8. The number of phenols is 1. The van der Waals surface area contributed by atoms with E-state index in [2.05, 4.69) is 47.2 Å². The van der Waals surface area contributed by atoms with Crippen LogP contribution in [0.3, 0.4) is 0 Å². The molecular weight excluding hydrogens is 752 g/mol. The van der Waals surface area contributed by atoms with Gasteiger partial charge in [0.15, 0.2) is 5.82 Å². The Labute approximate surface area is 345 Å². The Hall–Kier alpha value is -5.01. The van der Waals surface area contributed by atoms with Crippen LogP contribution in [-0.4, -0.2) is 98.9 Å². The van der Waals surface area contributed by atoms with Gasteiger partial charge in [-0.2, -0.15) is 0 Å². The van der Waals surface area contributed by atoms with Gasteiger partial charge >= 0.3 is 0 Å². The van der Waals surface area contributed by atoms with E-state index in [-0.39, 0.29) is 28.6 Å². The maximum Gasteiger partial charge on any atom is 0.249 e. The number of imide groups is 1. The van der Waals surface area contributed by atoms with Crippen LogP contribution < -0.4 is 25.8 Å². The molecule has 4 saturated heterocycles. The summed E-state index contributed by atoms with van der Waals surface area (Å²) in [7, 11) is 0. The Kier molecular flexibility index (Phi) is 11.1. The molecule has 5 fully saturated rings. The Morgan fingerprint density at radius 3 is 2.34 bits per heavy atom. The monoisotopic (exact) mass is 804 g/mol. The smallest absolute Gasteiger partial charge is 0.249 e. The number of fused-ring (bicyclic) bond motifs is 3. The van der Waals surface area contributed by atoms with Crippen molar-refractivity contribution < 1.29 is 14.7 Å². The Morgan fingerprint density at radius 1 is 0.793 bits per heavy atom. The molecule has 3 unspecified atom stereocenters. The second-order valence-corrected chi connectivity index (χ2v) is 17.2. The number of hydrogen-bond donors (Lipinski definition) is 3.